The van der Waals surface area contributed by atoms with Gasteiger partial charge in [-0.2, -0.15) is 5.10 Å². The maximum Gasteiger partial charge on any atom is 0.226 e. The van der Waals surface area contributed by atoms with E-state index in [9.17, 15) is 4.79 Å². The lowest BCUT2D eigenvalue weighted by atomic mass is 10.2. The van der Waals surface area contributed by atoms with Crippen molar-refractivity contribution in [2.75, 3.05) is 25.1 Å². The van der Waals surface area contributed by atoms with E-state index in [-0.39, 0.29) is 11.9 Å². The maximum atomic E-state index is 12.1. The van der Waals surface area contributed by atoms with E-state index in [1.54, 1.807) is 4.52 Å². The maximum absolute atomic E-state index is 12.1. The second-order valence-corrected chi connectivity index (χ2v) is 4.83. The summed E-state index contributed by atoms with van der Waals surface area (Å²) in [5.74, 6) is 0.621. The second kappa shape index (κ2) is 5.56. The molecule has 0 saturated carbocycles. The highest BCUT2D eigenvalue weighted by Crippen LogP contribution is 2.15. The minimum absolute atomic E-state index is 0.0539. The lowest BCUT2D eigenvalue weighted by Crippen LogP contribution is -2.43. The van der Waals surface area contributed by atoms with E-state index in [1.165, 1.54) is 0 Å². The molecule has 2 aromatic rings. The summed E-state index contributed by atoms with van der Waals surface area (Å²) in [6.07, 6.45) is 2.19. The summed E-state index contributed by atoms with van der Waals surface area (Å²) in [6.45, 7) is 3.89. The van der Waals surface area contributed by atoms with Crippen LogP contribution in [0, 0.1) is 6.92 Å². The lowest BCUT2D eigenvalue weighted by molar-refractivity contribution is -0.117. The van der Waals surface area contributed by atoms with Crippen LogP contribution in [-0.4, -0.2) is 46.3 Å². The van der Waals surface area contributed by atoms with Gasteiger partial charge in [0, 0.05) is 25.2 Å². The zero-order chi connectivity index (χ0) is 13.9. The monoisotopic (exact) mass is 275 g/mol. The predicted molar refractivity (Wildman–Crippen MR) is 73.6 cm³/mol. The van der Waals surface area contributed by atoms with Crippen LogP contribution in [0.3, 0.4) is 0 Å². The molecule has 1 amide bonds. The van der Waals surface area contributed by atoms with Crippen molar-refractivity contribution in [2.24, 2.45) is 0 Å². The Hall–Kier alpha value is -1.99. The van der Waals surface area contributed by atoms with Gasteiger partial charge in [0.15, 0.2) is 5.65 Å². The third-order valence-corrected chi connectivity index (χ3v) is 3.17. The SMILES string of the molecule is Cc1nc2c(NC(=O)C[C@H]3COCCN3)cccn2n1. The number of nitrogens with one attached hydrogen (secondary N) is 2. The van der Waals surface area contributed by atoms with Crippen LogP contribution in [-0.2, 0) is 9.53 Å². The zero-order valence-corrected chi connectivity index (χ0v) is 11.3. The molecule has 3 heterocycles. The number of anilines is 1. The molecule has 0 unspecified atom stereocenters. The molecule has 20 heavy (non-hydrogen) atoms. The first-order chi connectivity index (χ1) is 9.72. The number of morpholine rings is 1. The summed E-state index contributed by atoms with van der Waals surface area (Å²) in [5, 5.41) is 10.4. The van der Waals surface area contributed by atoms with Crippen molar-refractivity contribution in [1.82, 2.24) is 19.9 Å². The van der Waals surface area contributed by atoms with Crippen LogP contribution in [0.2, 0.25) is 0 Å². The van der Waals surface area contributed by atoms with Gasteiger partial charge in [-0.25, -0.2) is 9.50 Å². The van der Waals surface area contributed by atoms with E-state index in [1.807, 2.05) is 25.3 Å². The highest BCUT2D eigenvalue weighted by atomic mass is 16.5. The van der Waals surface area contributed by atoms with E-state index in [0.717, 1.165) is 6.54 Å². The molecular formula is C13H17N5O2. The number of carbonyl (C=O) groups excluding carboxylic acids is 1. The molecule has 106 valence electrons. The van der Waals surface area contributed by atoms with Gasteiger partial charge in [-0.15, -0.1) is 0 Å². The highest BCUT2D eigenvalue weighted by Gasteiger charge is 2.17. The molecule has 3 rings (SSSR count). The fraction of sp³-hybridized carbons (Fsp3) is 0.462. The number of carbonyl (C=O) groups is 1. The Kier molecular flexibility index (Phi) is 3.62. The molecule has 0 spiro atoms. The molecule has 1 atom stereocenters. The molecule has 0 radical (unpaired) electrons. The van der Waals surface area contributed by atoms with E-state index in [4.69, 9.17) is 4.74 Å². The predicted octanol–water partition coefficient (Wildman–Crippen LogP) is 0.355. The minimum atomic E-state index is -0.0539. The summed E-state index contributed by atoms with van der Waals surface area (Å²) in [6, 6.07) is 3.73. The molecule has 0 aromatic carbocycles. The first-order valence-electron chi connectivity index (χ1n) is 6.65. The van der Waals surface area contributed by atoms with Gasteiger partial charge in [0.25, 0.3) is 0 Å². The van der Waals surface area contributed by atoms with E-state index < -0.39 is 0 Å². The van der Waals surface area contributed by atoms with Crippen LogP contribution < -0.4 is 10.6 Å². The van der Waals surface area contributed by atoms with Crippen LogP contribution in [0.25, 0.3) is 5.65 Å². The Morgan fingerprint density at radius 2 is 2.55 bits per heavy atom. The summed E-state index contributed by atoms with van der Waals surface area (Å²) in [4.78, 5) is 16.4. The minimum Gasteiger partial charge on any atom is -0.378 e. The van der Waals surface area contributed by atoms with Crippen molar-refractivity contribution < 1.29 is 9.53 Å². The fourth-order valence-electron chi connectivity index (χ4n) is 2.29. The van der Waals surface area contributed by atoms with Gasteiger partial charge < -0.3 is 15.4 Å². The van der Waals surface area contributed by atoms with Crippen LogP contribution in [0.1, 0.15) is 12.2 Å². The van der Waals surface area contributed by atoms with Crippen molar-refractivity contribution >= 4 is 17.2 Å². The van der Waals surface area contributed by atoms with E-state index in [0.29, 0.717) is 36.8 Å². The summed E-state index contributed by atoms with van der Waals surface area (Å²) >= 11 is 0. The van der Waals surface area contributed by atoms with Crippen molar-refractivity contribution in [3.63, 3.8) is 0 Å². The third-order valence-electron chi connectivity index (χ3n) is 3.17. The number of aromatic nitrogens is 3. The Morgan fingerprint density at radius 1 is 1.65 bits per heavy atom. The number of nitrogens with zero attached hydrogens (tertiary/aromatic N) is 3. The topological polar surface area (TPSA) is 80.5 Å². The molecule has 0 aliphatic carbocycles. The number of rotatable bonds is 3. The van der Waals surface area contributed by atoms with Gasteiger partial charge >= 0.3 is 0 Å². The molecule has 1 fully saturated rings. The summed E-state index contributed by atoms with van der Waals surface area (Å²) in [5.41, 5.74) is 1.33. The Balaban J connectivity index is 1.70. The molecule has 1 aliphatic heterocycles. The smallest absolute Gasteiger partial charge is 0.226 e. The molecule has 1 saturated heterocycles. The van der Waals surface area contributed by atoms with Crippen LogP contribution in [0.4, 0.5) is 5.69 Å². The molecular weight excluding hydrogens is 258 g/mol. The van der Waals surface area contributed by atoms with Crippen molar-refractivity contribution in [1.29, 1.82) is 0 Å². The fourth-order valence-corrected chi connectivity index (χ4v) is 2.29. The van der Waals surface area contributed by atoms with Gasteiger partial charge in [0.1, 0.15) is 5.82 Å². The Bertz CT molecular complexity index is 618. The number of ether oxygens (including phenoxy) is 1. The Morgan fingerprint density at radius 3 is 3.35 bits per heavy atom. The van der Waals surface area contributed by atoms with E-state index >= 15 is 0 Å². The van der Waals surface area contributed by atoms with Gasteiger partial charge in [-0.05, 0) is 19.1 Å². The molecule has 7 heteroatoms. The Labute approximate surface area is 116 Å². The number of hydrogen-bond acceptors (Lipinski definition) is 5. The van der Waals surface area contributed by atoms with E-state index in [2.05, 4.69) is 20.7 Å². The quantitative estimate of drug-likeness (QED) is 0.845. The highest BCUT2D eigenvalue weighted by molar-refractivity contribution is 5.94. The average molecular weight is 275 g/mol. The van der Waals surface area contributed by atoms with Crippen LogP contribution in [0.15, 0.2) is 18.3 Å². The molecule has 0 bridgehead atoms. The number of hydrogen-bond donors (Lipinski definition) is 2. The number of amides is 1. The second-order valence-electron chi connectivity index (χ2n) is 4.83. The number of fused-ring (bicyclic) bond motifs is 1. The zero-order valence-electron chi connectivity index (χ0n) is 11.3. The normalized spacial score (nSPS) is 19.1. The third kappa shape index (κ3) is 2.78. The summed E-state index contributed by atoms with van der Waals surface area (Å²) < 4.78 is 7.00. The average Bonchev–Trinajstić information content (AvgIpc) is 2.81. The van der Waals surface area contributed by atoms with Gasteiger partial charge in [0.05, 0.1) is 18.9 Å². The van der Waals surface area contributed by atoms with Crippen molar-refractivity contribution in [3.8, 4) is 0 Å². The molecule has 1 aliphatic rings. The first kappa shape index (κ1) is 13.0. The van der Waals surface area contributed by atoms with Gasteiger partial charge in [0.2, 0.25) is 5.91 Å². The van der Waals surface area contributed by atoms with Crippen molar-refractivity contribution in [2.45, 2.75) is 19.4 Å². The molecule has 2 aromatic heterocycles. The molecule has 2 N–H and O–H groups in total. The van der Waals surface area contributed by atoms with Crippen LogP contribution >= 0.6 is 0 Å². The molecule has 7 nitrogen and oxygen atoms in total. The number of aryl methyl sites for hydroxylation is 1. The number of pyridine rings is 1. The van der Waals surface area contributed by atoms with Crippen molar-refractivity contribution in [3.05, 3.63) is 24.2 Å². The van der Waals surface area contributed by atoms with Gasteiger partial charge in [-0.3, -0.25) is 4.79 Å². The standard InChI is InChI=1S/C13H17N5O2/c1-9-15-13-11(3-2-5-18(13)17-9)16-12(19)7-10-8-20-6-4-14-10/h2-3,5,10,14H,4,6-8H2,1H3,(H,16,19)/t10-/m0/s1. The van der Waals surface area contributed by atoms with Crippen LogP contribution in [0.5, 0.6) is 0 Å². The summed E-state index contributed by atoms with van der Waals surface area (Å²) in [7, 11) is 0. The van der Waals surface area contributed by atoms with Gasteiger partial charge in [-0.1, -0.05) is 0 Å². The first-order valence-corrected chi connectivity index (χ1v) is 6.65. The largest absolute Gasteiger partial charge is 0.378 e. The lowest BCUT2D eigenvalue weighted by Gasteiger charge is -2.23.